The van der Waals surface area contributed by atoms with Crippen LogP contribution in [-0.4, -0.2) is 24.4 Å². The van der Waals surface area contributed by atoms with Crippen LogP contribution in [0.4, 0.5) is 0 Å². The van der Waals surface area contributed by atoms with E-state index in [1.54, 1.807) is 21.6 Å². The quantitative estimate of drug-likeness (QED) is 0.566. The molecule has 5 heteroatoms. The van der Waals surface area contributed by atoms with E-state index in [0.717, 1.165) is 11.5 Å². The van der Waals surface area contributed by atoms with Crippen molar-refractivity contribution >= 4 is 5.65 Å². The minimum atomic E-state index is 0.778. The van der Waals surface area contributed by atoms with Gasteiger partial charge in [-0.2, -0.15) is 5.10 Å². The van der Waals surface area contributed by atoms with Crippen molar-refractivity contribution in [2.45, 2.75) is 0 Å². The maximum atomic E-state index is 4.33. The zero-order chi connectivity index (χ0) is 9.38. The number of rotatable bonds is 1. The topological polar surface area (TPSA) is 48.0 Å². The predicted molar refractivity (Wildman–Crippen MR) is 50.1 cm³/mol. The van der Waals surface area contributed by atoms with Crippen LogP contribution in [0, 0.1) is 0 Å². The average molecular weight is 185 g/mol. The van der Waals surface area contributed by atoms with E-state index < -0.39 is 0 Å². The van der Waals surface area contributed by atoms with Crippen LogP contribution in [0.5, 0.6) is 0 Å². The molecule has 5 nitrogen and oxygen atoms in total. The minimum absolute atomic E-state index is 0.778. The van der Waals surface area contributed by atoms with E-state index in [1.165, 1.54) is 0 Å². The summed E-state index contributed by atoms with van der Waals surface area (Å²) >= 11 is 0. The second kappa shape index (κ2) is 2.66. The number of imidazole rings is 1. The molecule has 0 amide bonds. The first-order chi connectivity index (χ1) is 6.93. The second-order valence-electron chi connectivity index (χ2n) is 2.87. The molecule has 68 valence electrons. The van der Waals surface area contributed by atoms with Gasteiger partial charge in [0.2, 0.25) is 0 Å². The van der Waals surface area contributed by atoms with Gasteiger partial charge in [0.05, 0.1) is 0 Å². The number of fused-ring (bicyclic) bond motifs is 1. The van der Waals surface area contributed by atoms with Crippen molar-refractivity contribution in [2.75, 3.05) is 0 Å². The van der Waals surface area contributed by atoms with Crippen molar-refractivity contribution in [2.24, 2.45) is 0 Å². The summed E-state index contributed by atoms with van der Waals surface area (Å²) in [5.74, 6) is 0.778. The molecule has 0 saturated heterocycles. The first-order valence-electron chi connectivity index (χ1n) is 4.24. The highest BCUT2D eigenvalue weighted by Crippen LogP contribution is 2.04. The molecule has 3 heterocycles. The van der Waals surface area contributed by atoms with Gasteiger partial charge in [0, 0.05) is 24.8 Å². The molecule has 14 heavy (non-hydrogen) atoms. The maximum absolute atomic E-state index is 4.33. The molecule has 3 rings (SSSR count). The van der Waals surface area contributed by atoms with Gasteiger partial charge in [-0.3, -0.25) is 0 Å². The summed E-state index contributed by atoms with van der Waals surface area (Å²) in [6.45, 7) is 0. The van der Waals surface area contributed by atoms with E-state index in [4.69, 9.17) is 0 Å². The molecule has 0 bridgehead atoms. The molecule has 0 atom stereocenters. The summed E-state index contributed by atoms with van der Waals surface area (Å²) in [6, 6.07) is 5.65. The Hall–Kier alpha value is -2.17. The number of aromatic nitrogens is 5. The molecule has 0 aliphatic heterocycles. The summed E-state index contributed by atoms with van der Waals surface area (Å²) < 4.78 is 3.43. The average Bonchev–Trinajstić information content (AvgIpc) is 2.88. The lowest BCUT2D eigenvalue weighted by molar-refractivity contribution is 0.793. The third-order valence-corrected chi connectivity index (χ3v) is 1.98. The van der Waals surface area contributed by atoms with Crippen LogP contribution in [0.2, 0.25) is 0 Å². The van der Waals surface area contributed by atoms with Crippen LogP contribution in [-0.2, 0) is 0 Å². The highest BCUT2D eigenvalue weighted by Gasteiger charge is 1.99. The molecule has 0 aliphatic rings. The molecule has 0 N–H and O–H groups in total. The third kappa shape index (κ3) is 0.990. The second-order valence-corrected chi connectivity index (χ2v) is 2.87. The molecule has 0 fully saturated rings. The van der Waals surface area contributed by atoms with Gasteiger partial charge in [-0.25, -0.2) is 14.2 Å². The van der Waals surface area contributed by atoms with Crippen LogP contribution >= 0.6 is 0 Å². The van der Waals surface area contributed by atoms with Crippen LogP contribution in [0.1, 0.15) is 0 Å². The third-order valence-electron chi connectivity index (χ3n) is 1.98. The van der Waals surface area contributed by atoms with Gasteiger partial charge in [0.25, 0.3) is 0 Å². The van der Waals surface area contributed by atoms with Crippen LogP contribution in [0.25, 0.3) is 11.5 Å². The molecule has 3 aromatic rings. The van der Waals surface area contributed by atoms with Gasteiger partial charge in [0.15, 0.2) is 11.5 Å². The molecule has 0 saturated carbocycles. The smallest absolute Gasteiger partial charge is 0.174 e. The number of hydrogen-bond donors (Lipinski definition) is 0. The lowest BCUT2D eigenvalue weighted by atomic mass is 10.5. The van der Waals surface area contributed by atoms with E-state index in [0.29, 0.717) is 0 Å². The van der Waals surface area contributed by atoms with Crippen LogP contribution in [0.15, 0.2) is 43.0 Å². The minimum Gasteiger partial charge on any atom is -0.236 e. The Kier molecular flexibility index (Phi) is 1.38. The van der Waals surface area contributed by atoms with E-state index >= 15 is 0 Å². The Morgan fingerprint density at radius 3 is 2.93 bits per heavy atom. The Labute approximate surface area is 79.6 Å². The van der Waals surface area contributed by atoms with E-state index in [2.05, 4.69) is 15.2 Å². The van der Waals surface area contributed by atoms with Gasteiger partial charge in [-0.1, -0.05) is 0 Å². The molecule has 0 unspecified atom stereocenters. The standard InChI is InChI=1S/C9H7N5/c1-4-11-13(6-1)9-3-2-8-10-5-7-14(8)12-9/h1-7H. The Bertz CT molecular complexity index is 551. The zero-order valence-corrected chi connectivity index (χ0v) is 7.28. The van der Waals surface area contributed by atoms with Gasteiger partial charge in [-0.05, 0) is 18.2 Å². The fourth-order valence-electron chi connectivity index (χ4n) is 1.33. The van der Waals surface area contributed by atoms with Crippen molar-refractivity contribution in [3.05, 3.63) is 43.0 Å². The summed E-state index contributed by atoms with van der Waals surface area (Å²) in [6.07, 6.45) is 7.10. The molecule has 0 aliphatic carbocycles. The first kappa shape index (κ1) is 7.25. The highest BCUT2D eigenvalue weighted by molar-refractivity contribution is 5.39. The normalized spacial score (nSPS) is 10.9. The Morgan fingerprint density at radius 1 is 1.07 bits per heavy atom. The Morgan fingerprint density at radius 2 is 2.07 bits per heavy atom. The predicted octanol–water partition coefficient (Wildman–Crippen LogP) is 0.915. The van der Waals surface area contributed by atoms with Crippen molar-refractivity contribution in [3.63, 3.8) is 0 Å². The van der Waals surface area contributed by atoms with Gasteiger partial charge in [0.1, 0.15) is 0 Å². The van der Waals surface area contributed by atoms with E-state index in [-0.39, 0.29) is 0 Å². The number of hydrogen-bond acceptors (Lipinski definition) is 3. The Balaban J connectivity index is 2.23. The number of nitrogens with zero attached hydrogens (tertiary/aromatic N) is 5. The fraction of sp³-hybridized carbons (Fsp3) is 0. The van der Waals surface area contributed by atoms with Crippen molar-refractivity contribution in [1.82, 2.24) is 24.4 Å². The van der Waals surface area contributed by atoms with Gasteiger partial charge < -0.3 is 0 Å². The van der Waals surface area contributed by atoms with Crippen molar-refractivity contribution < 1.29 is 0 Å². The van der Waals surface area contributed by atoms with Crippen molar-refractivity contribution in [1.29, 1.82) is 0 Å². The summed E-state index contributed by atoms with van der Waals surface area (Å²) in [7, 11) is 0. The van der Waals surface area contributed by atoms with Crippen LogP contribution < -0.4 is 0 Å². The summed E-state index contributed by atoms with van der Waals surface area (Å²) in [5, 5.41) is 8.43. The molecule has 0 radical (unpaired) electrons. The largest absolute Gasteiger partial charge is 0.236 e. The maximum Gasteiger partial charge on any atom is 0.174 e. The van der Waals surface area contributed by atoms with Crippen molar-refractivity contribution in [3.8, 4) is 5.82 Å². The summed E-state index contributed by atoms with van der Waals surface area (Å²) in [5.41, 5.74) is 0.834. The van der Waals surface area contributed by atoms with Crippen LogP contribution in [0.3, 0.4) is 0 Å². The monoisotopic (exact) mass is 185 g/mol. The molecule has 3 aromatic heterocycles. The van der Waals surface area contributed by atoms with E-state index in [9.17, 15) is 0 Å². The highest BCUT2D eigenvalue weighted by atomic mass is 15.4. The lowest BCUT2D eigenvalue weighted by Gasteiger charge is -1.99. The summed E-state index contributed by atoms with van der Waals surface area (Å²) in [4.78, 5) is 4.11. The fourth-order valence-corrected chi connectivity index (χ4v) is 1.33. The molecular formula is C9H7N5. The zero-order valence-electron chi connectivity index (χ0n) is 7.28. The molecule has 0 spiro atoms. The first-order valence-corrected chi connectivity index (χ1v) is 4.24. The lowest BCUT2D eigenvalue weighted by Crippen LogP contribution is -2.01. The van der Waals surface area contributed by atoms with Gasteiger partial charge >= 0.3 is 0 Å². The molecule has 0 aromatic carbocycles. The SMILES string of the molecule is c1cnn(-c2ccc3nccn3n2)c1. The van der Waals surface area contributed by atoms with Gasteiger partial charge in [-0.15, -0.1) is 5.10 Å². The van der Waals surface area contributed by atoms with E-state index in [1.807, 2.05) is 30.6 Å². The molecular weight excluding hydrogens is 178 g/mol.